The zero-order valence-electron chi connectivity index (χ0n) is 15.7. The largest absolute Gasteiger partial charge is 0.335 e. The molecular formula is C19H23N5O3. The van der Waals surface area contributed by atoms with Gasteiger partial charge in [-0.15, -0.1) is 0 Å². The van der Waals surface area contributed by atoms with Crippen molar-refractivity contribution in [2.75, 3.05) is 30.4 Å². The number of hydrogen-bond acceptors (Lipinski definition) is 4. The predicted octanol–water partition coefficient (Wildman–Crippen LogP) is 1.45. The summed E-state index contributed by atoms with van der Waals surface area (Å²) in [4.78, 5) is 39.5. The molecule has 0 fully saturated rings. The third kappa shape index (κ3) is 3.99. The monoisotopic (exact) mass is 369 g/mol. The predicted molar refractivity (Wildman–Crippen MR) is 101 cm³/mol. The molecule has 1 aliphatic rings. The molecule has 8 heteroatoms. The van der Waals surface area contributed by atoms with Crippen molar-refractivity contribution in [3.05, 3.63) is 42.2 Å². The highest BCUT2D eigenvalue weighted by Crippen LogP contribution is 2.30. The lowest BCUT2D eigenvalue weighted by Crippen LogP contribution is -2.38. The average molecular weight is 369 g/mol. The first kappa shape index (κ1) is 18.6. The zero-order chi connectivity index (χ0) is 19.6. The molecule has 0 aliphatic carbocycles. The Balaban J connectivity index is 1.59. The van der Waals surface area contributed by atoms with Gasteiger partial charge in [-0.2, -0.15) is 5.10 Å². The van der Waals surface area contributed by atoms with E-state index in [9.17, 15) is 14.4 Å². The molecule has 0 saturated carbocycles. The van der Waals surface area contributed by atoms with Crippen molar-refractivity contribution >= 4 is 29.1 Å². The Labute approximate surface area is 157 Å². The second-order valence-electron chi connectivity index (χ2n) is 6.67. The highest BCUT2D eigenvalue weighted by atomic mass is 16.2. The van der Waals surface area contributed by atoms with Crippen LogP contribution in [0.25, 0.3) is 0 Å². The van der Waals surface area contributed by atoms with Gasteiger partial charge in [-0.25, -0.2) is 0 Å². The summed E-state index contributed by atoms with van der Waals surface area (Å²) < 4.78 is 1.55. The van der Waals surface area contributed by atoms with Crippen LogP contribution >= 0.6 is 0 Å². The van der Waals surface area contributed by atoms with Gasteiger partial charge < -0.3 is 15.1 Å². The van der Waals surface area contributed by atoms with Crippen molar-refractivity contribution in [3.8, 4) is 0 Å². The van der Waals surface area contributed by atoms with E-state index in [2.05, 4.69) is 10.4 Å². The number of anilines is 2. The standard InChI is InChI=1S/C19H23N5O3/c1-13(24-9-4-8-20-24)19(27)22(3)12-18(26)21-16-5-6-17-15(11-16)7-10-23(17)14(2)25/h4-6,8-9,11,13H,7,10,12H2,1-3H3,(H,21,26). The fourth-order valence-corrected chi connectivity index (χ4v) is 3.24. The molecule has 1 atom stereocenters. The van der Waals surface area contributed by atoms with E-state index >= 15 is 0 Å². The average Bonchev–Trinajstić information content (AvgIpc) is 3.29. The number of rotatable bonds is 5. The van der Waals surface area contributed by atoms with Crippen LogP contribution in [-0.4, -0.2) is 52.5 Å². The molecule has 0 saturated heterocycles. The van der Waals surface area contributed by atoms with E-state index in [0.717, 1.165) is 17.7 Å². The first-order valence-electron chi connectivity index (χ1n) is 8.82. The van der Waals surface area contributed by atoms with Crippen LogP contribution in [0.5, 0.6) is 0 Å². The highest BCUT2D eigenvalue weighted by Gasteiger charge is 2.23. The minimum Gasteiger partial charge on any atom is -0.335 e. The lowest BCUT2D eigenvalue weighted by Gasteiger charge is -2.21. The van der Waals surface area contributed by atoms with Gasteiger partial charge in [0.15, 0.2) is 0 Å². The maximum Gasteiger partial charge on any atom is 0.247 e. The third-order valence-electron chi connectivity index (χ3n) is 4.67. The fraction of sp³-hybridized carbons (Fsp3) is 0.368. The third-order valence-corrected chi connectivity index (χ3v) is 4.67. The Morgan fingerprint density at radius 1 is 1.33 bits per heavy atom. The second-order valence-corrected chi connectivity index (χ2v) is 6.67. The van der Waals surface area contributed by atoms with E-state index in [1.54, 1.807) is 55.0 Å². The van der Waals surface area contributed by atoms with Gasteiger partial charge in [0.25, 0.3) is 0 Å². The molecule has 1 aromatic carbocycles. The quantitative estimate of drug-likeness (QED) is 0.864. The molecule has 142 valence electrons. The summed E-state index contributed by atoms with van der Waals surface area (Å²) in [5.41, 5.74) is 2.57. The molecule has 1 N–H and O–H groups in total. The van der Waals surface area contributed by atoms with E-state index in [1.807, 2.05) is 12.1 Å². The summed E-state index contributed by atoms with van der Waals surface area (Å²) in [6.07, 6.45) is 4.08. The summed E-state index contributed by atoms with van der Waals surface area (Å²) in [5, 5.41) is 6.88. The molecular weight excluding hydrogens is 346 g/mol. The second kappa shape index (κ2) is 7.61. The summed E-state index contributed by atoms with van der Waals surface area (Å²) in [6.45, 7) is 3.89. The number of amides is 3. The lowest BCUT2D eigenvalue weighted by atomic mass is 10.1. The number of fused-ring (bicyclic) bond motifs is 1. The Morgan fingerprint density at radius 3 is 2.78 bits per heavy atom. The summed E-state index contributed by atoms with van der Waals surface area (Å²) in [5.74, 6) is -0.461. The van der Waals surface area contributed by atoms with Gasteiger partial charge in [0.1, 0.15) is 6.04 Å². The number of likely N-dealkylation sites (N-methyl/N-ethyl adjacent to an activating group) is 1. The molecule has 1 aromatic heterocycles. The van der Waals surface area contributed by atoms with Crippen LogP contribution in [0.4, 0.5) is 11.4 Å². The van der Waals surface area contributed by atoms with E-state index in [-0.39, 0.29) is 24.3 Å². The van der Waals surface area contributed by atoms with Gasteiger partial charge in [-0.1, -0.05) is 0 Å². The maximum atomic E-state index is 12.4. The summed E-state index contributed by atoms with van der Waals surface area (Å²) >= 11 is 0. The topological polar surface area (TPSA) is 87.5 Å². The van der Waals surface area contributed by atoms with Gasteiger partial charge in [0.2, 0.25) is 17.7 Å². The molecule has 0 radical (unpaired) electrons. The molecule has 3 rings (SSSR count). The van der Waals surface area contributed by atoms with Crippen molar-refractivity contribution in [3.63, 3.8) is 0 Å². The summed E-state index contributed by atoms with van der Waals surface area (Å²) in [6, 6.07) is 6.76. The molecule has 1 aliphatic heterocycles. The van der Waals surface area contributed by atoms with Crippen LogP contribution in [0.15, 0.2) is 36.7 Å². The molecule has 27 heavy (non-hydrogen) atoms. The summed E-state index contributed by atoms with van der Waals surface area (Å²) in [7, 11) is 1.59. The molecule has 3 amide bonds. The number of benzene rings is 1. The van der Waals surface area contributed by atoms with Crippen LogP contribution in [0.3, 0.4) is 0 Å². The molecule has 2 heterocycles. The SMILES string of the molecule is CC(=O)N1CCc2cc(NC(=O)CN(C)C(=O)C(C)n3cccn3)ccc21. The molecule has 2 aromatic rings. The van der Waals surface area contributed by atoms with E-state index in [4.69, 9.17) is 0 Å². The van der Waals surface area contributed by atoms with Crippen molar-refractivity contribution in [1.29, 1.82) is 0 Å². The lowest BCUT2D eigenvalue weighted by molar-refractivity contribution is -0.136. The van der Waals surface area contributed by atoms with Crippen LogP contribution in [0.1, 0.15) is 25.5 Å². The minimum absolute atomic E-state index is 0.0111. The Hall–Kier alpha value is -3.16. The van der Waals surface area contributed by atoms with Crippen LogP contribution in [0.2, 0.25) is 0 Å². The number of carbonyl (C=O) groups is 3. The Kier molecular flexibility index (Phi) is 5.25. The number of nitrogens with zero attached hydrogens (tertiary/aromatic N) is 4. The molecule has 0 bridgehead atoms. The van der Waals surface area contributed by atoms with Crippen molar-refractivity contribution in [2.45, 2.75) is 26.3 Å². The van der Waals surface area contributed by atoms with Crippen molar-refractivity contribution in [2.24, 2.45) is 0 Å². The van der Waals surface area contributed by atoms with Gasteiger partial charge in [0, 0.05) is 44.3 Å². The fourth-order valence-electron chi connectivity index (χ4n) is 3.24. The van der Waals surface area contributed by atoms with Crippen LogP contribution in [-0.2, 0) is 20.8 Å². The first-order valence-corrected chi connectivity index (χ1v) is 8.82. The first-order chi connectivity index (χ1) is 12.9. The molecule has 1 unspecified atom stereocenters. The molecule has 0 spiro atoms. The number of nitrogens with one attached hydrogen (secondary N) is 1. The zero-order valence-corrected chi connectivity index (χ0v) is 15.7. The van der Waals surface area contributed by atoms with E-state index < -0.39 is 6.04 Å². The molecule has 8 nitrogen and oxygen atoms in total. The van der Waals surface area contributed by atoms with Gasteiger partial charge in [0.05, 0.1) is 6.54 Å². The van der Waals surface area contributed by atoms with Gasteiger partial charge in [-0.3, -0.25) is 19.1 Å². The van der Waals surface area contributed by atoms with Crippen LogP contribution in [0, 0.1) is 0 Å². The number of hydrogen-bond donors (Lipinski definition) is 1. The number of carbonyl (C=O) groups excluding carboxylic acids is 3. The van der Waals surface area contributed by atoms with E-state index in [1.165, 1.54) is 4.90 Å². The smallest absolute Gasteiger partial charge is 0.247 e. The normalized spacial score (nSPS) is 13.8. The van der Waals surface area contributed by atoms with Crippen LogP contribution < -0.4 is 10.2 Å². The Morgan fingerprint density at radius 2 is 2.11 bits per heavy atom. The number of aromatic nitrogens is 2. The van der Waals surface area contributed by atoms with E-state index in [0.29, 0.717) is 12.2 Å². The minimum atomic E-state index is -0.477. The highest BCUT2D eigenvalue weighted by molar-refractivity contribution is 5.97. The van der Waals surface area contributed by atoms with Crippen molar-refractivity contribution in [1.82, 2.24) is 14.7 Å². The van der Waals surface area contributed by atoms with Gasteiger partial charge in [-0.05, 0) is 43.2 Å². The maximum absolute atomic E-state index is 12.4. The van der Waals surface area contributed by atoms with Crippen molar-refractivity contribution < 1.29 is 14.4 Å². The van der Waals surface area contributed by atoms with Gasteiger partial charge >= 0.3 is 0 Å². The Bertz CT molecular complexity index is 862.